The Hall–Kier alpha value is -1.70. The van der Waals surface area contributed by atoms with Gasteiger partial charge in [-0.15, -0.1) is 11.3 Å². The molecule has 0 fully saturated rings. The summed E-state index contributed by atoms with van der Waals surface area (Å²) in [5.41, 5.74) is 1.79. The van der Waals surface area contributed by atoms with Crippen molar-refractivity contribution in [3.05, 3.63) is 51.7 Å². The second-order valence-corrected chi connectivity index (χ2v) is 9.52. The van der Waals surface area contributed by atoms with Crippen LogP contribution in [0.4, 0.5) is 0 Å². The molecule has 7 heteroatoms. The maximum absolute atomic E-state index is 13.1. The summed E-state index contributed by atoms with van der Waals surface area (Å²) in [6.45, 7) is 7.28. The first kappa shape index (κ1) is 20.0. The van der Waals surface area contributed by atoms with E-state index in [0.717, 1.165) is 12.8 Å². The van der Waals surface area contributed by atoms with Crippen LogP contribution in [0.15, 0.2) is 40.6 Å². The van der Waals surface area contributed by atoms with Crippen molar-refractivity contribution >= 4 is 27.3 Å². The van der Waals surface area contributed by atoms with Crippen LogP contribution in [0.2, 0.25) is 0 Å². The molecule has 0 saturated heterocycles. The van der Waals surface area contributed by atoms with E-state index in [9.17, 15) is 13.2 Å². The van der Waals surface area contributed by atoms with Crippen LogP contribution in [0, 0.1) is 0 Å². The molecule has 0 N–H and O–H groups in total. The second-order valence-electron chi connectivity index (χ2n) is 6.59. The van der Waals surface area contributed by atoms with E-state index in [2.05, 4.69) is 18.4 Å². The van der Waals surface area contributed by atoms with E-state index in [1.54, 1.807) is 35.6 Å². The first-order chi connectivity index (χ1) is 12.9. The van der Waals surface area contributed by atoms with Gasteiger partial charge in [0, 0.05) is 30.1 Å². The zero-order chi connectivity index (χ0) is 19.6. The molecule has 1 aliphatic heterocycles. The SMILES string of the molecule is CC[C@H]1c2ccsc2CCN1C(=O)c1ccc(S(=O)(=O)N(CC)CC)cc1. The number of nitrogens with zero attached hydrogens (tertiary/aromatic N) is 2. The maximum Gasteiger partial charge on any atom is 0.254 e. The summed E-state index contributed by atoms with van der Waals surface area (Å²) in [6, 6.07) is 8.56. The third-order valence-corrected chi connectivity index (χ3v) is 8.25. The van der Waals surface area contributed by atoms with Crippen molar-refractivity contribution in [2.75, 3.05) is 19.6 Å². The van der Waals surface area contributed by atoms with Gasteiger partial charge in [0.25, 0.3) is 5.91 Å². The average Bonchev–Trinajstić information content (AvgIpc) is 3.16. The fourth-order valence-corrected chi connectivity index (χ4v) is 6.11. The highest BCUT2D eigenvalue weighted by molar-refractivity contribution is 7.89. The van der Waals surface area contributed by atoms with Gasteiger partial charge in [0.15, 0.2) is 0 Å². The Labute approximate surface area is 165 Å². The van der Waals surface area contributed by atoms with Gasteiger partial charge < -0.3 is 4.90 Å². The minimum atomic E-state index is -3.51. The fourth-order valence-electron chi connectivity index (χ4n) is 3.73. The molecule has 1 amide bonds. The zero-order valence-electron chi connectivity index (χ0n) is 16.0. The summed E-state index contributed by atoms with van der Waals surface area (Å²) in [4.78, 5) is 16.6. The molecule has 1 aliphatic rings. The summed E-state index contributed by atoms with van der Waals surface area (Å²) < 4.78 is 26.6. The summed E-state index contributed by atoms with van der Waals surface area (Å²) in [5.74, 6) is -0.0366. The van der Waals surface area contributed by atoms with Crippen molar-refractivity contribution in [3.8, 4) is 0 Å². The van der Waals surface area contributed by atoms with Crippen molar-refractivity contribution in [1.82, 2.24) is 9.21 Å². The molecule has 0 radical (unpaired) electrons. The van der Waals surface area contributed by atoms with Gasteiger partial charge in [-0.2, -0.15) is 4.31 Å². The monoisotopic (exact) mass is 406 g/mol. The predicted octanol–water partition coefficient (Wildman–Crippen LogP) is 3.93. The minimum absolute atomic E-state index is 0.0366. The number of rotatable bonds is 6. The Morgan fingerprint density at radius 3 is 2.41 bits per heavy atom. The number of carbonyl (C=O) groups excluding carboxylic acids is 1. The van der Waals surface area contributed by atoms with Gasteiger partial charge in [0.05, 0.1) is 10.9 Å². The van der Waals surface area contributed by atoms with Crippen LogP contribution >= 0.6 is 11.3 Å². The highest BCUT2D eigenvalue weighted by atomic mass is 32.2. The molecular formula is C20H26N2O3S2. The predicted molar refractivity (Wildman–Crippen MR) is 109 cm³/mol. The number of sulfonamides is 1. The molecule has 0 bridgehead atoms. The smallest absolute Gasteiger partial charge is 0.254 e. The van der Waals surface area contributed by atoms with Crippen LogP contribution in [0.3, 0.4) is 0 Å². The van der Waals surface area contributed by atoms with Crippen LogP contribution in [0.1, 0.15) is 54.0 Å². The number of thiophene rings is 1. The third-order valence-electron chi connectivity index (χ3n) is 5.19. The lowest BCUT2D eigenvalue weighted by Gasteiger charge is -2.35. The van der Waals surface area contributed by atoms with Crippen molar-refractivity contribution < 1.29 is 13.2 Å². The average molecular weight is 407 g/mol. The number of carbonyl (C=O) groups is 1. The lowest BCUT2D eigenvalue weighted by atomic mass is 9.97. The van der Waals surface area contributed by atoms with Gasteiger partial charge in [-0.05, 0) is 54.1 Å². The number of hydrogen-bond donors (Lipinski definition) is 0. The van der Waals surface area contributed by atoms with Crippen LogP contribution in [0.25, 0.3) is 0 Å². The van der Waals surface area contributed by atoms with Crippen molar-refractivity contribution in [3.63, 3.8) is 0 Å². The van der Waals surface area contributed by atoms with Crippen LogP contribution in [-0.2, 0) is 16.4 Å². The van der Waals surface area contributed by atoms with Crippen molar-refractivity contribution in [2.24, 2.45) is 0 Å². The first-order valence-corrected chi connectivity index (χ1v) is 11.7. The Morgan fingerprint density at radius 1 is 1.15 bits per heavy atom. The Morgan fingerprint density at radius 2 is 1.81 bits per heavy atom. The lowest BCUT2D eigenvalue weighted by molar-refractivity contribution is 0.0657. The normalized spacial score (nSPS) is 17.2. The minimum Gasteiger partial charge on any atom is -0.331 e. The number of benzene rings is 1. The molecule has 0 aliphatic carbocycles. The topological polar surface area (TPSA) is 57.7 Å². The van der Waals surface area contributed by atoms with E-state index < -0.39 is 10.0 Å². The van der Waals surface area contributed by atoms with Crippen LogP contribution in [-0.4, -0.2) is 43.2 Å². The summed E-state index contributed by atoms with van der Waals surface area (Å²) in [5, 5.41) is 2.09. The molecular weight excluding hydrogens is 380 g/mol. The van der Waals surface area contributed by atoms with Gasteiger partial charge in [-0.1, -0.05) is 20.8 Å². The van der Waals surface area contributed by atoms with Crippen molar-refractivity contribution in [2.45, 2.75) is 44.6 Å². The molecule has 0 unspecified atom stereocenters. The standard InChI is InChI=1S/C20H26N2O3S2/c1-4-18-17-12-14-26-19(17)11-13-22(18)20(23)15-7-9-16(10-8-15)27(24,25)21(5-2)6-3/h7-10,12,14,18H,4-6,11,13H2,1-3H3/t18-/m0/s1. The summed E-state index contributed by atoms with van der Waals surface area (Å²) >= 11 is 1.76. The number of hydrogen-bond acceptors (Lipinski definition) is 4. The molecule has 27 heavy (non-hydrogen) atoms. The Bertz CT molecular complexity index is 900. The number of amides is 1. The Kier molecular flexibility index (Phi) is 6.03. The van der Waals surface area contributed by atoms with Crippen LogP contribution in [0.5, 0.6) is 0 Å². The quantitative estimate of drug-likeness (QED) is 0.730. The van der Waals surface area contributed by atoms with E-state index in [0.29, 0.717) is 25.2 Å². The molecule has 3 rings (SSSR count). The highest BCUT2D eigenvalue weighted by Crippen LogP contribution is 2.36. The molecule has 1 aromatic heterocycles. The van der Waals surface area contributed by atoms with Crippen molar-refractivity contribution in [1.29, 1.82) is 0 Å². The molecule has 1 atom stereocenters. The van der Waals surface area contributed by atoms with E-state index in [4.69, 9.17) is 0 Å². The largest absolute Gasteiger partial charge is 0.331 e. The van der Waals surface area contributed by atoms with Gasteiger partial charge >= 0.3 is 0 Å². The van der Waals surface area contributed by atoms with E-state index >= 15 is 0 Å². The second kappa shape index (κ2) is 8.12. The molecule has 1 aromatic carbocycles. The third kappa shape index (κ3) is 3.68. The van der Waals surface area contributed by atoms with Gasteiger partial charge in [0.1, 0.15) is 0 Å². The van der Waals surface area contributed by atoms with Crippen LogP contribution < -0.4 is 0 Å². The maximum atomic E-state index is 13.1. The highest BCUT2D eigenvalue weighted by Gasteiger charge is 2.31. The molecule has 0 spiro atoms. The summed E-state index contributed by atoms with van der Waals surface area (Å²) in [7, 11) is -3.51. The van der Waals surface area contributed by atoms with E-state index in [1.165, 1.54) is 14.7 Å². The molecule has 2 aromatic rings. The fraction of sp³-hybridized carbons (Fsp3) is 0.450. The molecule has 2 heterocycles. The zero-order valence-corrected chi connectivity index (χ0v) is 17.6. The lowest BCUT2D eigenvalue weighted by Crippen LogP contribution is -2.39. The van der Waals surface area contributed by atoms with E-state index in [-0.39, 0.29) is 16.8 Å². The molecule has 5 nitrogen and oxygen atoms in total. The Balaban J connectivity index is 1.84. The number of fused-ring (bicyclic) bond motifs is 1. The summed E-state index contributed by atoms with van der Waals surface area (Å²) in [6.07, 6.45) is 1.74. The van der Waals surface area contributed by atoms with Gasteiger partial charge in [-0.25, -0.2) is 8.42 Å². The van der Waals surface area contributed by atoms with Gasteiger partial charge in [0.2, 0.25) is 10.0 Å². The molecule has 0 saturated carbocycles. The van der Waals surface area contributed by atoms with E-state index in [1.807, 2.05) is 18.7 Å². The first-order valence-electron chi connectivity index (χ1n) is 9.41. The van der Waals surface area contributed by atoms with Gasteiger partial charge in [-0.3, -0.25) is 4.79 Å². The molecule has 146 valence electrons.